The van der Waals surface area contributed by atoms with Crippen molar-refractivity contribution in [2.75, 3.05) is 44.7 Å². The fraction of sp³-hybridized carbons (Fsp3) is 0.304. The van der Waals surface area contributed by atoms with Crippen LogP contribution in [0.2, 0.25) is 0 Å². The molecule has 5 nitrogen and oxygen atoms in total. The number of nitriles is 1. The molecule has 2 aromatic rings. The molecule has 142 valence electrons. The van der Waals surface area contributed by atoms with Crippen molar-refractivity contribution in [3.05, 3.63) is 71.3 Å². The Kier molecular flexibility index (Phi) is 5.25. The van der Waals surface area contributed by atoms with Crippen LogP contribution in [0.1, 0.15) is 16.7 Å². The number of fused-ring (bicyclic) bond motifs is 2. The van der Waals surface area contributed by atoms with Crippen molar-refractivity contribution in [1.82, 2.24) is 9.80 Å². The number of benzene rings is 2. The van der Waals surface area contributed by atoms with Crippen LogP contribution in [-0.2, 0) is 11.3 Å². The molecule has 1 saturated heterocycles. The molecule has 1 fully saturated rings. The average Bonchev–Trinajstić information content (AvgIpc) is 2.85. The monoisotopic (exact) mass is 372 g/mol. The Bertz CT molecular complexity index is 951. The highest BCUT2D eigenvalue weighted by atomic mass is 16.2. The minimum atomic E-state index is 0.102. The molecule has 0 bridgehead atoms. The maximum absolute atomic E-state index is 13.3. The first kappa shape index (κ1) is 18.4. The van der Waals surface area contributed by atoms with Gasteiger partial charge in [0.2, 0.25) is 5.91 Å². The Morgan fingerprint density at radius 1 is 1.04 bits per heavy atom. The molecule has 4 rings (SSSR count). The van der Waals surface area contributed by atoms with Crippen molar-refractivity contribution < 1.29 is 4.79 Å². The standard InChI is InChI=1S/C23H24N4O/c1-25-12-14-26(15-13-25)17-23(28)27-16-18-6-2-3-7-19(18)20(10-11-24)21-8-4-5-9-22(21)27/h2-10H,12-17H2,1H3/b20-10-. The van der Waals surface area contributed by atoms with Crippen molar-refractivity contribution in [3.8, 4) is 6.07 Å². The lowest BCUT2D eigenvalue weighted by atomic mass is 9.94. The molecule has 5 heteroatoms. The van der Waals surface area contributed by atoms with Gasteiger partial charge in [0.15, 0.2) is 0 Å². The summed E-state index contributed by atoms with van der Waals surface area (Å²) < 4.78 is 0. The van der Waals surface area contributed by atoms with Crippen LogP contribution in [0.4, 0.5) is 5.69 Å². The SMILES string of the molecule is CN1CCN(CC(=O)N2Cc3ccccc3/C(=C/C#N)c3ccccc32)CC1. The molecular formula is C23H24N4O. The maximum Gasteiger partial charge on any atom is 0.241 e. The molecule has 0 unspecified atom stereocenters. The van der Waals surface area contributed by atoms with E-state index in [0.717, 1.165) is 54.1 Å². The second-order valence-corrected chi connectivity index (χ2v) is 7.42. The predicted molar refractivity (Wildman–Crippen MR) is 111 cm³/mol. The van der Waals surface area contributed by atoms with Crippen LogP contribution in [0, 0.1) is 11.3 Å². The Labute approximate surface area is 166 Å². The summed E-state index contributed by atoms with van der Waals surface area (Å²) in [6.45, 7) is 4.73. The largest absolute Gasteiger partial charge is 0.306 e. The summed E-state index contributed by atoms with van der Waals surface area (Å²) in [6.07, 6.45) is 1.59. The number of likely N-dealkylation sites (N-methyl/N-ethyl adjacent to an activating group) is 1. The van der Waals surface area contributed by atoms with E-state index in [0.29, 0.717) is 13.1 Å². The molecule has 1 amide bonds. The predicted octanol–water partition coefficient (Wildman–Crippen LogP) is 2.74. The van der Waals surface area contributed by atoms with E-state index in [4.69, 9.17) is 0 Å². The van der Waals surface area contributed by atoms with Crippen LogP contribution in [-0.4, -0.2) is 55.5 Å². The molecule has 2 aliphatic heterocycles. The molecule has 0 aromatic heterocycles. The molecule has 2 aliphatic rings. The van der Waals surface area contributed by atoms with Gasteiger partial charge in [0.1, 0.15) is 0 Å². The summed E-state index contributed by atoms with van der Waals surface area (Å²) in [6, 6.07) is 18.1. The van der Waals surface area contributed by atoms with E-state index >= 15 is 0 Å². The van der Waals surface area contributed by atoms with Gasteiger partial charge >= 0.3 is 0 Å². The molecule has 0 saturated carbocycles. The Hall–Kier alpha value is -2.94. The average molecular weight is 372 g/mol. The highest BCUT2D eigenvalue weighted by Gasteiger charge is 2.28. The third kappa shape index (κ3) is 3.57. The molecule has 0 spiro atoms. The quantitative estimate of drug-likeness (QED) is 0.761. The van der Waals surface area contributed by atoms with Gasteiger partial charge in [-0.1, -0.05) is 42.5 Å². The number of hydrogen-bond acceptors (Lipinski definition) is 4. The van der Waals surface area contributed by atoms with E-state index in [1.54, 1.807) is 6.08 Å². The van der Waals surface area contributed by atoms with Gasteiger partial charge in [0, 0.05) is 43.4 Å². The van der Waals surface area contributed by atoms with Crippen LogP contribution in [0.3, 0.4) is 0 Å². The van der Waals surface area contributed by atoms with Gasteiger partial charge < -0.3 is 9.80 Å². The molecule has 2 heterocycles. The molecular weight excluding hydrogens is 348 g/mol. The van der Waals surface area contributed by atoms with Crippen molar-refractivity contribution in [1.29, 1.82) is 5.26 Å². The fourth-order valence-electron chi connectivity index (χ4n) is 3.98. The lowest BCUT2D eigenvalue weighted by Gasteiger charge is -2.33. The first-order valence-electron chi connectivity index (χ1n) is 9.66. The van der Waals surface area contributed by atoms with Crippen LogP contribution in [0.15, 0.2) is 54.6 Å². The van der Waals surface area contributed by atoms with Gasteiger partial charge in [-0.05, 0) is 24.2 Å². The van der Waals surface area contributed by atoms with Crippen molar-refractivity contribution >= 4 is 17.2 Å². The fourth-order valence-corrected chi connectivity index (χ4v) is 3.98. The number of carbonyl (C=O) groups excluding carboxylic acids is 1. The minimum absolute atomic E-state index is 0.102. The van der Waals surface area contributed by atoms with Gasteiger partial charge in [0.25, 0.3) is 0 Å². The number of piperazine rings is 1. The normalized spacial score (nSPS) is 18.9. The second kappa shape index (κ2) is 7.97. The third-order valence-corrected chi connectivity index (χ3v) is 5.59. The summed E-state index contributed by atoms with van der Waals surface area (Å²) in [7, 11) is 2.12. The zero-order valence-corrected chi connectivity index (χ0v) is 16.1. The summed E-state index contributed by atoms with van der Waals surface area (Å²) >= 11 is 0. The highest BCUT2D eigenvalue weighted by molar-refractivity contribution is 6.01. The zero-order valence-electron chi connectivity index (χ0n) is 16.1. The van der Waals surface area contributed by atoms with Crippen LogP contribution in [0.5, 0.6) is 0 Å². The number of para-hydroxylation sites is 1. The first-order valence-corrected chi connectivity index (χ1v) is 9.66. The summed E-state index contributed by atoms with van der Waals surface area (Å²) in [5.41, 5.74) is 4.77. The molecule has 0 atom stereocenters. The van der Waals surface area contributed by atoms with Gasteiger partial charge in [0.05, 0.1) is 24.8 Å². The van der Waals surface area contributed by atoms with Gasteiger partial charge in [-0.3, -0.25) is 9.69 Å². The second-order valence-electron chi connectivity index (χ2n) is 7.42. The van der Waals surface area contributed by atoms with Crippen LogP contribution in [0.25, 0.3) is 5.57 Å². The summed E-state index contributed by atoms with van der Waals surface area (Å²) in [4.78, 5) is 19.7. The van der Waals surface area contributed by atoms with Crippen LogP contribution < -0.4 is 4.90 Å². The van der Waals surface area contributed by atoms with E-state index < -0.39 is 0 Å². The molecule has 0 N–H and O–H groups in total. The van der Waals surface area contributed by atoms with E-state index in [2.05, 4.69) is 22.9 Å². The first-order chi connectivity index (χ1) is 13.7. The maximum atomic E-state index is 13.3. The molecule has 2 aromatic carbocycles. The highest BCUT2D eigenvalue weighted by Crippen LogP contribution is 2.37. The zero-order chi connectivity index (χ0) is 19.5. The van der Waals surface area contributed by atoms with Crippen molar-refractivity contribution in [2.24, 2.45) is 0 Å². The van der Waals surface area contributed by atoms with Gasteiger partial charge in [-0.25, -0.2) is 0 Å². The molecule has 28 heavy (non-hydrogen) atoms. The molecule has 0 radical (unpaired) electrons. The lowest BCUT2D eigenvalue weighted by molar-refractivity contribution is -0.120. The number of amides is 1. The Morgan fingerprint density at radius 3 is 2.46 bits per heavy atom. The minimum Gasteiger partial charge on any atom is -0.306 e. The van der Waals surface area contributed by atoms with Crippen molar-refractivity contribution in [3.63, 3.8) is 0 Å². The van der Waals surface area contributed by atoms with Gasteiger partial charge in [-0.15, -0.1) is 0 Å². The number of allylic oxidation sites excluding steroid dienone is 1. The number of anilines is 1. The number of rotatable bonds is 2. The number of hydrogen-bond donors (Lipinski definition) is 0. The van der Waals surface area contributed by atoms with Crippen molar-refractivity contribution in [2.45, 2.75) is 6.54 Å². The van der Waals surface area contributed by atoms with Gasteiger partial charge in [-0.2, -0.15) is 5.26 Å². The topological polar surface area (TPSA) is 50.6 Å². The molecule has 0 aliphatic carbocycles. The van der Waals surface area contributed by atoms with E-state index in [9.17, 15) is 10.1 Å². The summed E-state index contributed by atoms with van der Waals surface area (Å²) in [5, 5.41) is 9.36. The third-order valence-electron chi connectivity index (χ3n) is 5.59. The number of carbonyl (C=O) groups is 1. The smallest absolute Gasteiger partial charge is 0.241 e. The van der Waals surface area contributed by atoms with E-state index in [-0.39, 0.29) is 5.91 Å². The van der Waals surface area contributed by atoms with E-state index in [1.807, 2.05) is 53.4 Å². The Balaban J connectivity index is 1.72. The van der Waals surface area contributed by atoms with E-state index in [1.165, 1.54) is 0 Å². The summed E-state index contributed by atoms with van der Waals surface area (Å²) in [5.74, 6) is 0.102. The lowest BCUT2D eigenvalue weighted by Crippen LogP contribution is -2.48. The Morgan fingerprint density at radius 2 is 1.71 bits per heavy atom. The number of nitrogens with zero attached hydrogens (tertiary/aromatic N) is 4. The van der Waals surface area contributed by atoms with Crippen LogP contribution >= 0.6 is 0 Å².